The third kappa shape index (κ3) is 4.71. The van der Waals surface area contributed by atoms with Gasteiger partial charge in [0, 0.05) is 13.2 Å². The van der Waals surface area contributed by atoms with Gasteiger partial charge in [0.25, 0.3) is 5.91 Å². The standard InChI is InChI=1S/C18H19N5O2/c24-18(16-9-4-5-10-17(16)23-14-20-21-22-23)19-11-6-12-25-13-15-7-2-1-3-8-15/h1-5,7-10,14H,6,11-13H2,(H,19,24). The number of ether oxygens (including phenoxy) is 1. The molecule has 0 atom stereocenters. The summed E-state index contributed by atoms with van der Waals surface area (Å²) in [6, 6.07) is 17.2. The van der Waals surface area contributed by atoms with E-state index in [1.165, 1.54) is 11.0 Å². The van der Waals surface area contributed by atoms with Gasteiger partial charge < -0.3 is 10.1 Å². The maximum absolute atomic E-state index is 12.4. The first kappa shape index (κ1) is 16.8. The van der Waals surface area contributed by atoms with Gasteiger partial charge in [-0.3, -0.25) is 4.79 Å². The maximum Gasteiger partial charge on any atom is 0.253 e. The first-order valence-corrected chi connectivity index (χ1v) is 8.07. The molecular weight excluding hydrogens is 318 g/mol. The monoisotopic (exact) mass is 337 g/mol. The molecule has 1 aromatic heterocycles. The van der Waals surface area contributed by atoms with Crippen LogP contribution in [0.15, 0.2) is 60.9 Å². The molecule has 2 aromatic carbocycles. The van der Waals surface area contributed by atoms with Crippen LogP contribution in [0.4, 0.5) is 0 Å². The van der Waals surface area contributed by atoms with Crippen LogP contribution in [0.2, 0.25) is 0 Å². The van der Waals surface area contributed by atoms with Crippen LogP contribution in [0.25, 0.3) is 5.69 Å². The van der Waals surface area contributed by atoms with E-state index in [0.717, 1.165) is 12.0 Å². The van der Waals surface area contributed by atoms with Crippen molar-refractivity contribution in [3.05, 3.63) is 72.1 Å². The van der Waals surface area contributed by atoms with E-state index >= 15 is 0 Å². The molecule has 0 saturated heterocycles. The van der Waals surface area contributed by atoms with Crippen molar-refractivity contribution in [2.24, 2.45) is 0 Å². The van der Waals surface area contributed by atoms with E-state index in [-0.39, 0.29) is 5.91 Å². The predicted octanol–water partition coefficient (Wildman–Crippen LogP) is 2.00. The van der Waals surface area contributed by atoms with Crippen molar-refractivity contribution in [2.45, 2.75) is 13.0 Å². The molecular formula is C18H19N5O2. The number of para-hydroxylation sites is 1. The van der Waals surface area contributed by atoms with Crippen molar-refractivity contribution >= 4 is 5.91 Å². The highest BCUT2D eigenvalue weighted by molar-refractivity contribution is 5.97. The van der Waals surface area contributed by atoms with Crippen molar-refractivity contribution in [1.29, 1.82) is 0 Å². The molecule has 0 spiro atoms. The highest BCUT2D eigenvalue weighted by atomic mass is 16.5. The van der Waals surface area contributed by atoms with Crippen LogP contribution >= 0.6 is 0 Å². The van der Waals surface area contributed by atoms with Gasteiger partial charge in [-0.1, -0.05) is 42.5 Å². The molecule has 7 heteroatoms. The van der Waals surface area contributed by atoms with Crippen LogP contribution in [0.5, 0.6) is 0 Å². The molecule has 1 heterocycles. The summed E-state index contributed by atoms with van der Waals surface area (Å²) < 4.78 is 7.08. The third-order valence-electron chi connectivity index (χ3n) is 3.61. The maximum atomic E-state index is 12.4. The fourth-order valence-electron chi connectivity index (χ4n) is 2.37. The second-order valence-corrected chi connectivity index (χ2v) is 5.42. The Hall–Kier alpha value is -3.06. The van der Waals surface area contributed by atoms with Crippen LogP contribution in [0.3, 0.4) is 0 Å². The van der Waals surface area contributed by atoms with Gasteiger partial charge in [-0.15, -0.1) is 5.10 Å². The Balaban J connectivity index is 1.44. The second kappa shape index (κ2) is 8.70. The minimum atomic E-state index is -0.158. The van der Waals surface area contributed by atoms with E-state index in [0.29, 0.717) is 31.0 Å². The lowest BCUT2D eigenvalue weighted by molar-refractivity contribution is 0.0934. The summed E-state index contributed by atoms with van der Waals surface area (Å²) in [6.07, 6.45) is 2.20. The van der Waals surface area contributed by atoms with Gasteiger partial charge in [-0.25, -0.2) is 0 Å². The smallest absolute Gasteiger partial charge is 0.253 e. The summed E-state index contributed by atoms with van der Waals surface area (Å²) in [5.74, 6) is -0.158. The molecule has 0 radical (unpaired) electrons. The summed E-state index contributed by atoms with van der Waals surface area (Å²) in [7, 11) is 0. The zero-order valence-corrected chi connectivity index (χ0v) is 13.7. The summed E-state index contributed by atoms with van der Waals surface area (Å²) in [5, 5.41) is 13.9. The number of nitrogens with zero attached hydrogens (tertiary/aromatic N) is 4. The van der Waals surface area contributed by atoms with Crippen molar-refractivity contribution in [3.63, 3.8) is 0 Å². The van der Waals surface area contributed by atoms with Crippen LogP contribution in [0, 0.1) is 0 Å². The topological polar surface area (TPSA) is 81.9 Å². The highest BCUT2D eigenvalue weighted by Crippen LogP contribution is 2.12. The lowest BCUT2D eigenvalue weighted by atomic mass is 10.1. The zero-order valence-electron chi connectivity index (χ0n) is 13.7. The van der Waals surface area contributed by atoms with Crippen molar-refractivity contribution < 1.29 is 9.53 Å². The molecule has 0 aliphatic heterocycles. The largest absolute Gasteiger partial charge is 0.377 e. The zero-order chi connectivity index (χ0) is 17.3. The molecule has 25 heavy (non-hydrogen) atoms. The van der Waals surface area contributed by atoms with Gasteiger partial charge in [0.15, 0.2) is 0 Å². The molecule has 1 N–H and O–H groups in total. The summed E-state index contributed by atoms with van der Waals surface area (Å²) in [5.41, 5.74) is 2.31. The van der Waals surface area contributed by atoms with Crippen LogP contribution in [-0.2, 0) is 11.3 Å². The van der Waals surface area contributed by atoms with E-state index in [4.69, 9.17) is 4.74 Å². The molecule has 0 aliphatic carbocycles. The Bertz CT molecular complexity index is 790. The predicted molar refractivity (Wildman–Crippen MR) is 92.2 cm³/mol. The Morgan fingerprint density at radius 2 is 1.88 bits per heavy atom. The average Bonchev–Trinajstić information content (AvgIpc) is 3.20. The molecule has 0 unspecified atom stereocenters. The number of aromatic nitrogens is 4. The SMILES string of the molecule is O=C(NCCCOCc1ccccc1)c1ccccc1-n1cnnn1. The number of carbonyl (C=O) groups excluding carboxylic acids is 1. The van der Waals surface area contributed by atoms with Gasteiger partial charge in [0.05, 0.1) is 17.9 Å². The van der Waals surface area contributed by atoms with E-state index in [9.17, 15) is 4.79 Å². The molecule has 3 rings (SSSR count). The van der Waals surface area contributed by atoms with Crippen molar-refractivity contribution in [3.8, 4) is 5.69 Å². The number of amides is 1. The number of hydrogen-bond donors (Lipinski definition) is 1. The lowest BCUT2D eigenvalue weighted by Crippen LogP contribution is -2.26. The number of nitrogens with one attached hydrogen (secondary N) is 1. The normalized spacial score (nSPS) is 10.6. The number of hydrogen-bond acceptors (Lipinski definition) is 5. The van der Waals surface area contributed by atoms with Crippen molar-refractivity contribution in [1.82, 2.24) is 25.5 Å². The van der Waals surface area contributed by atoms with E-state index in [1.807, 2.05) is 42.5 Å². The summed E-state index contributed by atoms with van der Waals surface area (Å²) in [6.45, 7) is 1.71. The highest BCUT2D eigenvalue weighted by Gasteiger charge is 2.12. The van der Waals surface area contributed by atoms with E-state index < -0.39 is 0 Å². The Morgan fingerprint density at radius 1 is 1.08 bits per heavy atom. The minimum absolute atomic E-state index is 0.158. The van der Waals surface area contributed by atoms with Gasteiger partial charge in [0.2, 0.25) is 0 Å². The summed E-state index contributed by atoms with van der Waals surface area (Å²) >= 11 is 0. The minimum Gasteiger partial charge on any atom is -0.377 e. The van der Waals surface area contributed by atoms with Gasteiger partial charge in [0.1, 0.15) is 6.33 Å². The summed E-state index contributed by atoms with van der Waals surface area (Å²) in [4.78, 5) is 12.4. The van der Waals surface area contributed by atoms with Crippen LogP contribution in [-0.4, -0.2) is 39.3 Å². The van der Waals surface area contributed by atoms with Crippen molar-refractivity contribution in [2.75, 3.05) is 13.2 Å². The van der Waals surface area contributed by atoms with Gasteiger partial charge in [-0.05, 0) is 34.5 Å². The molecule has 1 amide bonds. The fraction of sp³-hybridized carbons (Fsp3) is 0.222. The quantitative estimate of drug-likeness (QED) is 0.636. The second-order valence-electron chi connectivity index (χ2n) is 5.42. The number of benzene rings is 2. The lowest BCUT2D eigenvalue weighted by Gasteiger charge is -2.09. The molecule has 0 aliphatic rings. The average molecular weight is 337 g/mol. The third-order valence-corrected chi connectivity index (χ3v) is 3.61. The number of tetrazole rings is 1. The van der Waals surface area contributed by atoms with Gasteiger partial charge >= 0.3 is 0 Å². The Labute approximate surface area is 145 Å². The van der Waals surface area contributed by atoms with E-state index in [2.05, 4.69) is 20.8 Å². The fourth-order valence-corrected chi connectivity index (χ4v) is 2.37. The Morgan fingerprint density at radius 3 is 2.68 bits per heavy atom. The molecule has 128 valence electrons. The molecule has 3 aromatic rings. The molecule has 0 bridgehead atoms. The first-order valence-electron chi connectivity index (χ1n) is 8.07. The Kier molecular flexibility index (Phi) is 5.84. The molecule has 0 saturated carbocycles. The molecule has 7 nitrogen and oxygen atoms in total. The molecule has 0 fully saturated rings. The number of carbonyl (C=O) groups is 1. The van der Waals surface area contributed by atoms with Gasteiger partial charge in [-0.2, -0.15) is 4.68 Å². The van der Waals surface area contributed by atoms with E-state index in [1.54, 1.807) is 12.1 Å². The number of rotatable bonds is 8. The van der Waals surface area contributed by atoms with Crippen LogP contribution < -0.4 is 5.32 Å². The van der Waals surface area contributed by atoms with Crippen LogP contribution in [0.1, 0.15) is 22.3 Å². The first-order chi connectivity index (χ1) is 12.3.